The highest BCUT2D eigenvalue weighted by Gasteiger charge is 2.34. The Bertz CT molecular complexity index is 881. The average Bonchev–Trinajstić information content (AvgIpc) is 2.82. The summed E-state index contributed by atoms with van der Waals surface area (Å²) in [5.41, 5.74) is 1.07. The molecule has 7 nitrogen and oxygen atoms in total. The molecule has 158 valence electrons. The third-order valence-corrected chi connectivity index (χ3v) is 5.65. The molecule has 4 rings (SSSR count). The maximum Gasteiger partial charge on any atom is 0.267 e. The molecular weight excluding hydrogens is 382 g/mol. The molecule has 1 saturated heterocycles. The van der Waals surface area contributed by atoms with Crippen molar-refractivity contribution in [1.82, 2.24) is 15.1 Å². The number of piperazine rings is 1. The van der Waals surface area contributed by atoms with Crippen LogP contribution in [-0.2, 0) is 16.1 Å². The Labute approximate surface area is 176 Å². The Morgan fingerprint density at radius 3 is 2.40 bits per heavy atom. The van der Waals surface area contributed by atoms with E-state index in [-0.39, 0.29) is 24.5 Å². The second kappa shape index (κ2) is 9.17. The third kappa shape index (κ3) is 4.57. The van der Waals surface area contributed by atoms with Gasteiger partial charge >= 0.3 is 0 Å². The van der Waals surface area contributed by atoms with Gasteiger partial charge in [-0.3, -0.25) is 14.5 Å². The van der Waals surface area contributed by atoms with Gasteiger partial charge in [0.05, 0.1) is 6.04 Å². The van der Waals surface area contributed by atoms with Gasteiger partial charge in [0.25, 0.3) is 5.91 Å². The van der Waals surface area contributed by atoms with Gasteiger partial charge in [-0.25, -0.2) is 0 Å². The Hall–Kier alpha value is -3.06. The van der Waals surface area contributed by atoms with Crippen LogP contribution in [0.1, 0.15) is 12.5 Å². The van der Waals surface area contributed by atoms with E-state index >= 15 is 0 Å². The molecule has 2 atom stereocenters. The molecule has 2 aromatic carbocycles. The molecule has 2 unspecified atom stereocenters. The summed E-state index contributed by atoms with van der Waals surface area (Å²) >= 11 is 0. The summed E-state index contributed by atoms with van der Waals surface area (Å²) in [5, 5.41) is 2.99. The van der Waals surface area contributed by atoms with E-state index < -0.39 is 6.10 Å². The minimum absolute atomic E-state index is 0.000694. The molecule has 0 bridgehead atoms. The van der Waals surface area contributed by atoms with Gasteiger partial charge in [-0.15, -0.1) is 0 Å². The van der Waals surface area contributed by atoms with E-state index in [9.17, 15) is 9.59 Å². The standard InChI is InChI=1S/C23H27N3O4/c1-17(22(27)24-15-18-7-3-2-4-8-18)25-11-13-26(14-12-25)23(28)21-16-29-19-9-5-6-10-20(19)30-21/h2-10,17,21H,11-16H2,1H3,(H,24,27). The molecule has 1 N–H and O–H groups in total. The van der Waals surface area contributed by atoms with Gasteiger partial charge in [-0.05, 0) is 24.6 Å². The van der Waals surface area contributed by atoms with Crippen LogP contribution in [0.2, 0.25) is 0 Å². The van der Waals surface area contributed by atoms with Gasteiger partial charge in [0.1, 0.15) is 6.61 Å². The number of carbonyl (C=O) groups excluding carboxylic acids is 2. The van der Waals surface area contributed by atoms with E-state index in [0.29, 0.717) is 44.2 Å². The van der Waals surface area contributed by atoms with Crippen molar-refractivity contribution in [2.24, 2.45) is 0 Å². The predicted octanol–water partition coefficient (Wildman–Crippen LogP) is 1.68. The van der Waals surface area contributed by atoms with Crippen LogP contribution in [0.25, 0.3) is 0 Å². The van der Waals surface area contributed by atoms with Crippen LogP contribution in [0.3, 0.4) is 0 Å². The van der Waals surface area contributed by atoms with E-state index in [1.165, 1.54) is 0 Å². The molecule has 2 heterocycles. The summed E-state index contributed by atoms with van der Waals surface area (Å²) in [6, 6.07) is 17.0. The lowest BCUT2D eigenvalue weighted by Crippen LogP contribution is -2.57. The molecule has 0 saturated carbocycles. The summed E-state index contributed by atoms with van der Waals surface area (Å²) in [6.07, 6.45) is -0.627. The minimum atomic E-state index is -0.627. The van der Waals surface area contributed by atoms with Crippen LogP contribution in [0, 0.1) is 0 Å². The van der Waals surface area contributed by atoms with Crippen molar-refractivity contribution in [2.75, 3.05) is 32.8 Å². The third-order valence-electron chi connectivity index (χ3n) is 5.65. The topological polar surface area (TPSA) is 71.1 Å². The Morgan fingerprint density at radius 1 is 1.00 bits per heavy atom. The number of nitrogens with one attached hydrogen (secondary N) is 1. The minimum Gasteiger partial charge on any atom is -0.485 e. The maximum absolute atomic E-state index is 12.9. The zero-order chi connectivity index (χ0) is 20.9. The molecule has 7 heteroatoms. The fourth-order valence-electron chi connectivity index (χ4n) is 3.77. The normalized spacial score (nSPS) is 19.8. The monoisotopic (exact) mass is 409 g/mol. The first kappa shape index (κ1) is 20.2. The van der Waals surface area contributed by atoms with Gasteiger partial charge in [0.15, 0.2) is 11.5 Å². The van der Waals surface area contributed by atoms with E-state index in [1.807, 2.05) is 61.5 Å². The number of rotatable bonds is 5. The summed E-state index contributed by atoms with van der Waals surface area (Å²) in [7, 11) is 0. The van der Waals surface area contributed by atoms with Crippen molar-refractivity contribution in [3.63, 3.8) is 0 Å². The molecule has 2 amide bonds. The van der Waals surface area contributed by atoms with Crippen LogP contribution in [0.4, 0.5) is 0 Å². The van der Waals surface area contributed by atoms with Crippen molar-refractivity contribution in [1.29, 1.82) is 0 Å². The number of benzene rings is 2. The fraction of sp³-hybridized carbons (Fsp3) is 0.391. The van der Waals surface area contributed by atoms with Gasteiger partial charge in [0.2, 0.25) is 12.0 Å². The van der Waals surface area contributed by atoms with Crippen LogP contribution in [-0.4, -0.2) is 66.5 Å². The van der Waals surface area contributed by atoms with Gasteiger partial charge < -0.3 is 19.7 Å². The van der Waals surface area contributed by atoms with Gasteiger partial charge in [-0.1, -0.05) is 42.5 Å². The first-order chi connectivity index (χ1) is 14.6. The van der Waals surface area contributed by atoms with Gasteiger partial charge in [0, 0.05) is 32.7 Å². The average molecular weight is 409 g/mol. The van der Waals surface area contributed by atoms with Crippen molar-refractivity contribution in [2.45, 2.75) is 25.6 Å². The number of amides is 2. The number of ether oxygens (including phenoxy) is 2. The number of fused-ring (bicyclic) bond motifs is 1. The van der Waals surface area contributed by atoms with E-state index in [2.05, 4.69) is 10.2 Å². The predicted molar refractivity (Wildman–Crippen MR) is 112 cm³/mol. The number of nitrogens with zero attached hydrogens (tertiary/aromatic N) is 2. The number of hydrogen-bond acceptors (Lipinski definition) is 5. The lowest BCUT2D eigenvalue weighted by Gasteiger charge is -2.39. The molecule has 0 aromatic heterocycles. The highest BCUT2D eigenvalue weighted by Crippen LogP contribution is 2.31. The lowest BCUT2D eigenvalue weighted by atomic mass is 10.1. The van der Waals surface area contributed by atoms with Crippen molar-refractivity contribution < 1.29 is 19.1 Å². The van der Waals surface area contributed by atoms with Crippen LogP contribution >= 0.6 is 0 Å². The largest absolute Gasteiger partial charge is 0.485 e. The number of hydrogen-bond donors (Lipinski definition) is 1. The molecule has 30 heavy (non-hydrogen) atoms. The van der Waals surface area contributed by atoms with Crippen molar-refractivity contribution in [3.05, 3.63) is 60.2 Å². The van der Waals surface area contributed by atoms with Gasteiger partial charge in [-0.2, -0.15) is 0 Å². The van der Waals surface area contributed by atoms with Crippen LogP contribution in [0.15, 0.2) is 54.6 Å². The first-order valence-corrected chi connectivity index (χ1v) is 10.3. The highest BCUT2D eigenvalue weighted by molar-refractivity contribution is 5.83. The Balaban J connectivity index is 1.25. The van der Waals surface area contributed by atoms with E-state index in [0.717, 1.165) is 5.56 Å². The first-order valence-electron chi connectivity index (χ1n) is 10.3. The zero-order valence-electron chi connectivity index (χ0n) is 17.1. The summed E-state index contributed by atoms with van der Waals surface area (Å²) in [5.74, 6) is 1.20. The molecule has 1 fully saturated rings. The second-order valence-electron chi connectivity index (χ2n) is 7.60. The van der Waals surface area contributed by atoms with Crippen molar-refractivity contribution >= 4 is 11.8 Å². The molecule has 0 aliphatic carbocycles. The molecule has 0 radical (unpaired) electrons. The van der Waals surface area contributed by atoms with E-state index in [1.54, 1.807) is 4.90 Å². The molecule has 0 spiro atoms. The number of para-hydroxylation sites is 2. The quantitative estimate of drug-likeness (QED) is 0.814. The highest BCUT2D eigenvalue weighted by atomic mass is 16.6. The second-order valence-corrected chi connectivity index (χ2v) is 7.60. The zero-order valence-corrected chi connectivity index (χ0v) is 17.1. The molecule has 2 aliphatic heterocycles. The van der Waals surface area contributed by atoms with E-state index in [4.69, 9.17) is 9.47 Å². The summed E-state index contributed by atoms with van der Waals surface area (Å²) in [4.78, 5) is 29.3. The smallest absolute Gasteiger partial charge is 0.267 e. The van der Waals surface area contributed by atoms with Crippen LogP contribution in [0.5, 0.6) is 11.5 Å². The molecule has 2 aromatic rings. The number of carbonyl (C=O) groups is 2. The fourth-order valence-corrected chi connectivity index (χ4v) is 3.77. The summed E-state index contributed by atoms with van der Waals surface area (Å²) in [6.45, 7) is 5.07. The summed E-state index contributed by atoms with van der Waals surface area (Å²) < 4.78 is 11.5. The van der Waals surface area contributed by atoms with Crippen LogP contribution < -0.4 is 14.8 Å². The SMILES string of the molecule is CC(C(=O)NCc1ccccc1)N1CCN(C(=O)C2COc3ccccc3O2)CC1. The Morgan fingerprint density at radius 2 is 1.67 bits per heavy atom. The Kier molecular flexibility index (Phi) is 6.18. The van der Waals surface area contributed by atoms with Crippen molar-refractivity contribution in [3.8, 4) is 11.5 Å². The lowest BCUT2D eigenvalue weighted by molar-refractivity contribution is -0.143. The molecular formula is C23H27N3O4. The molecule has 2 aliphatic rings. The maximum atomic E-state index is 12.9.